The summed E-state index contributed by atoms with van der Waals surface area (Å²) in [5, 5.41) is 30.4. The van der Waals surface area contributed by atoms with Crippen LogP contribution in [0.3, 0.4) is 0 Å². The van der Waals surface area contributed by atoms with Crippen LogP contribution >= 0.6 is 11.3 Å². The first-order chi connectivity index (χ1) is 23.6. The number of thiazole rings is 1. The fraction of sp³-hybridized carbons (Fsp3) is 0.526. The molecule has 11 nitrogen and oxygen atoms in total. The third-order valence-electron chi connectivity index (χ3n) is 9.08. The molecule has 5 atom stereocenters. The van der Waals surface area contributed by atoms with Crippen molar-refractivity contribution in [1.82, 2.24) is 25.4 Å². The van der Waals surface area contributed by atoms with Gasteiger partial charge in [0.2, 0.25) is 5.91 Å². The van der Waals surface area contributed by atoms with Gasteiger partial charge in [0.1, 0.15) is 11.0 Å². The van der Waals surface area contributed by atoms with E-state index in [1.165, 1.54) is 11.3 Å². The number of urea groups is 1. The number of carbonyl (C=O) groups excluding carboxylic acids is 2. The van der Waals surface area contributed by atoms with Gasteiger partial charge in [0.15, 0.2) is 0 Å². The molecule has 4 rings (SSSR count). The lowest BCUT2D eigenvalue weighted by atomic mass is 9.70. The highest BCUT2D eigenvalue weighted by Gasteiger charge is 2.46. The predicted molar refractivity (Wildman–Crippen MR) is 195 cm³/mol. The van der Waals surface area contributed by atoms with Gasteiger partial charge < -0.3 is 35.4 Å². The monoisotopic (exact) mass is 707 g/mol. The minimum Gasteiger partial charge on any atom is -0.465 e. The molecule has 272 valence electrons. The van der Waals surface area contributed by atoms with Gasteiger partial charge in [0, 0.05) is 37.5 Å². The molecule has 0 spiro atoms. The van der Waals surface area contributed by atoms with E-state index in [4.69, 9.17) is 4.74 Å². The summed E-state index contributed by atoms with van der Waals surface area (Å²) < 4.78 is 5.19. The van der Waals surface area contributed by atoms with Crippen LogP contribution in [0.15, 0.2) is 66.0 Å². The molecule has 2 aromatic carbocycles. The van der Waals surface area contributed by atoms with Crippen molar-refractivity contribution in [2.45, 2.75) is 97.7 Å². The molecule has 1 aliphatic heterocycles. The molecule has 4 N–H and O–H groups in total. The van der Waals surface area contributed by atoms with Crippen LogP contribution in [0.25, 0.3) is 0 Å². The maximum atomic E-state index is 14.6. The van der Waals surface area contributed by atoms with Crippen molar-refractivity contribution in [3.8, 4) is 0 Å². The normalized spacial score (nSPS) is 16.8. The molecule has 12 heteroatoms. The third-order valence-corrected chi connectivity index (χ3v) is 9.95. The summed E-state index contributed by atoms with van der Waals surface area (Å²) in [6.45, 7) is 13.5. The van der Waals surface area contributed by atoms with E-state index in [1.54, 1.807) is 16.9 Å². The van der Waals surface area contributed by atoms with Crippen molar-refractivity contribution in [1.29, 1.82) is 0 Å². The third kappa shape index (κ3) is 10.3. The van der Waals surface area contributed by atoms with E-state index in [-0.39, 0.29) is 24.3 Å². The van der Waals surface area contributed by atoms with Crippen LogP contribution in [0, 0.1) is 10.8 Å². The van der Waals surface area contributed by atoms with Gasteiger partial charge in [-0.2, -0.15) is 0 Å². The number of aromatic nitrogens is 1. The predicted octanol–water partition coefficient (Wildman–Crippen LogP) is 5.89. The fourth-order valence-electron chi connectivity index (χ4n) is 7.05. The summed E-state index contributed by atoms with van der Waals surface area (Å²) in [7, 11) is 1.61. The Kier molecular flexibility index (Phi) is 13.0. The molecule has 1 fully saturated rings. The number of carboxylic acid groups (broad SMARTS) is 1. The van der Waals surface area contributed by atoms with E-state index in [2.05, 4.69) is 36.4 Å². The number of hydrogen-bond acceptors (Lipinski definition) is 7. The van der Waals surface area contributed by atoms with E-state index < -0.39 is 41.2 Å². The average molecular weight is 708 g/mol. The summed E-state index contributed by atoms with van der Waals surface area (Å²) in [6.07, 6.45) is -1.90. The summed E-state index contributed by atoms with van der Waals surface area (Å²) in [5.74, 6) is -0.731. The number of nitrogens with zero attached hydrogens (tertiary/aromatic N) is 3. The molecule has 50 heavy (non-hydrogen) atoms. The smallest absolute Gasteiger partial charge is 0.404 e. The quantitative estimate of drug-likeness (QED) is 0.154. The number of amides is 4. The number of aliphatic hydroxyl groups excluding tert-OH is 1. The summed E-state index contributed by atoms with van der Waals surface area (Å²) in [4.78, 5) is 48.3. The van der Waals surface area contributed by atoms with Gasteiger partial charge in [0.05, 0.1) is 31.0 Å². The van der Waals surface area contributed by atoms with Gasteiger partial charge in [-0.25, -0.2) is 14.6 Å². The van der Waals surface area contributed by atoms with Gasteiger partial charge in [-0.3, -0.25) is 4.79 Å². The van der Waals surface area contributed by atoms with Crippen molar-refractivity contribution in [2.24, 2.45) is 10.8 Å². The zero-order valence-corrected chi connectivity index (χ0v) is 31.1. The second-order valence-electron chi connectivity index (χ2n) is 15.3. The molecule has 0 saturated carbocycles. The lowest BCUT2D eigenvalue weighted by Gasteiger charge is -2.43. The number of methoxy groups -OCH3 is 1. The minimum absolute atomic E-state index is 0.0564. The van der Waals surface area contributed by atoms with Crippen LogP contribution in [0.5, 0.6) is 0 Å². The molecular formula is C38H53N5O6S. The van der Waals surface area contributed by atoms with Crippen LogP contribution in [0.1, 0.15) is 75.7 Å². The zero-order valence-electron chi connectivity index (χ0n) is 30.3. The molecule has 0 bridgehead atoms. The van der Waals surface area contributed by atoms with Crippen LogP contribution in [-0.2, 0) is 29.1 Å². The molecule has 0 radical (unpaired) electrons. The van der Waals surface area contributed by atoms with Gasteiger partial charge in [-0.15, -0.1) is 11.3 Å². The highest BCUT2D eigenvalue weighted by Crippen LogP contribution is 2.40. The lowest BCUT2D eigenvalue weighted by Crippen LogP contribution is -2.60. The van der Waals surface area contributed by atoms with Crippen LogP contribution in [-0.4, -0.2) is 87.5 Å². The second-order valence-corrected chi connectivity index (χ2v) is 16.2. The molecule has 1 aliphatic rings. The van der Waals surface area contributed by atoms with E-state index in [0.29, 0.717) is 32.7 Å². The Bertz CT molecular complexity index is 1550. The van der Waals surface area contributed by atoms with E-state index >= 15 is 0 Å². The van der Waals surface area contributed by atoms with E-state index in [9.17, 15) is 24.6 Å². The SMILES string of the molecule is COCc1nc(CN2CCN([C@H](C(=O)N[C@@H](C(c3ccccc3)C(C)(C)C)[C@@H](O)C[C@H](Cc3ccccc3)NC(=O)O)C(C)(C)C)C2=O)cs1. The Morgan fingerprint density at radius 2 is 1.60 bits per heavy atom. The Morgan fingerprint density at radius 1 is 0.960 bits per heavy atom. The number of carbonyl (C=O) groups is 3. The largest absolute Gasteiger partial charge is 0.465 e. The number of ether oxygens (including phenoxy) is 1. The molecular weight excluding hydrogens is 655 g/mol. The first kappa shape index (κ1) is 38.8. The highest BCUT2D eigenvalue weighted by atomic mass is 32.1. The Balaban J connectivity index is 1.65. The minimum atomic E-state index is -1.19. The molecule has 2 heterocycles. The van der Waals surface area contributed by atoms with E-state index in [1.807, 2.05) is 86.8 Å². The topological polar surface area (TPSA) is 144 Å². The fourth-order valence-corrected chi connectivity index (χ4v) is 7.81. The lowest BCUT2D eigenvalue weighted by molar-refractivity contribution is -0.131. The van der Waals surface area contributed by atoms with Crippen molar-refractivity contribution in [3.63, 3.8) is 0 Å². The Hall–Kier alpha value is -4.00. The summed E-state index contributed by atoms with van der Waals surface area (Å²) >= 11 is 1.48. The average Bonchev–Trinajstić information content (AvgIpc) is 3.62. The molecule has 1 saturated heterocycles. The molecule has 1 unspecified atom stereocenters. The maximum absolute atomic E-state index is 14.6. The number of rotatable bonds is 15. The van der Waals surface area contributed by atoms with Crippen molar-refractivity contribution >= 4 is 29.4 Å². The van der Waals surface area contributed by atoms with E-state index in [0.717, 1.165) is 21.8 Å². The number of nitrogens with one attached hydrogen (secondary N) is 2. The first-order valence-electron chi connectivity index (χ1n) is 17.1. The van der Waals surface area contributed by atoms with Crippen LogP contribution < -0.4 is 10.6 Å². The molecule has 0 aliphatic carbocycles. The van der Waals surface area contributed by atoms with Gasteiger partial charge in [-0.05, 0) is 34.8 Å². The van der Waals surface area contributed by atoms with Crippen molar-refractivity contribution in [2.75, 3.05) is 20.2 Å². The Labute approximate surface area is 300 Å². The number of hydrogen-bond donors (Lipinski definition) is 4. The van der Waals surface area contributed by atoms with Crippen molar-refractivity contribution < 1.29 is 29.3 Å². The van der Waals surface area contributed by atoms with Gasteiger partial charge >= 0.3 is 12.1 Å². The van der Waals surface area contributed by atoms with Crippen molar-refractivity contribution in [3.05, 3.63) is 87.9 Å². The van der Waals surface area contributed by atoms with Crippen LogP contribution in [0.4, 0.5) is 9.59 Å². The van der Waals surface area contributed by atoms with Gasteiger partial charge in [-0.1, -0.05) is 102 Å². The summed E-state index contributed by atoms with van der Waals surface area (Å²) in [5.41, 5.74) is 1.55. The van der Waals surface area contributed by atoms with Crippen LogP contribution in [0.2, 0.25) is 0 Å². The molecule has 1 aromatic heterocycles. The zero-order chi connectivity index (χ0) is 36.6. The number of aliphatic hydroxyl groups is 1. The summed E-state index contributed by atoms with van der Waals surface area (Å²) in [6, 6.07) is 16.7. The Morgan fingerprint density at radius 3 is 2.18 bits per heavy atom. The maximum Gasteiger partial charge on any atom is 0.404 e. The standard InChI is InChI=1S/C38H53N5O6S/c1-37(2,3)31(26-16-12-9-13-17-26)32(29(44)21-27(40-35(46)47)20-25-14-10-8-11-15-25)41-34(45)33(38(4,5)6)43-19-18-42(36(43)48)22-28-24-50-30(39-28)23-49-7/h8-17,24,27,29,31-33,40,44H,18-23H2,1-7H3,(H,41,45)(H,46,47)/t27-,29-,31?,32+,33+/m0/s1. The highest BCUT2D eigenvalue weighted by molar-refractivity contribution is 7.09. The first-order valence-corrected chi connectivity index (χ1v) is 18.0. The number of benzene rings is 2. The van der Waals surface area contributed by atoms with Gasteiger partial charge in [0.25, 0.3) is 0 Å². The molecule has 3 aromatic rings. The molecule has 4 amide bonds. The second kappa shape index (κ2) is 16.8.